The molecular weight excluding hydrogens is 489 g/mol. The normalized spacial score (nSPS) is 13.8. The molecule has 0 aliphatic carbocycles. The fourth-order valence-electron chi connectivity index (χ4n) is 3.99. The monoisotopic (exact) mass is 519 g/mol. The van der Waals surface area contributed by atoms with Gasteiger partial charge in [0.05, 0.1) is 16.3 Å². The Labute approximate surface area is 213 Å². The van der Waals surface area contributed by atoms with E-state index in [2.05, 4.69) is 22.7 Å². The van der Waals surface area contributed by atoms with Crippen LogP contribution < -0.4 is 14.4 Å². The molecule has 3 aromatic rings. The van der Waals surface area contributed by atoms with E-state index in [1.54, 1.807) is 24.3 Å². The molecule has 1 aliphatic heterocycles. The molecule has 1 N–H and O–H groups in total. The van der Waals surface area contributed by atoms with Crippen molar-refractivity contribution in [2.45, 2.75) is 24.3 Å². The van der Waals surface area contributed by atoms with Crippen LogP contribution in [0.2, 0.25) is 0 Å². The van der Waals surface area contributed by atoms with E-state index in [1.165, 1.54) is 35.4 Å². The molecule has 0 bridgehead atoms. The molecule has 0 amide bonds. The van der Waals surface area contributed by atoms with Crippen molar-refractivity contribution in [3.8, 4) is 5.75 Å². The van der Waals surface area contributed by atoms with Gasteiger partial charge in [-0.3, -0.25) is 4.72 Å². The van der Waals surface area contributed by atoms with Crippen LogP contribution in [0.4, 0.5) is 15.8 Å². The Balaban J connectivity index is 0.00000342. The van der Waals surface area contributed by atoms with Crippen molar-refractivity contribution in [3.05, 3.63) is 83.2 Å². The number of hydrogen-bond donors (Lipinski definition) is 1. The fourth-order valence-corrected chi connectivity index (χ4v) is 5.06. The largest absolute Gasteiger partial charge is 0.489 e. The van der Waals surface area contributed by atoms with Crippen LogP contribution in [0, 0.1) is 5.82 Å². The van der Waals surface area contributed by atoms with Gasteiger partial charge in [-0.1, -0.05) is 12.1 Å². The van der Waals surface area contributed by atoms with Crippen molar-refractivity contribution in [1.82, 2.24) is 4.90 Å². The number of ether oxygens (including phenoxy) is 1. The number of hydrogen-bond acceptors (Lipinski definition) is 5. The van der Waals surface area contributed by atoms with E-state index < -0.39 is 10.0 Å². The summed E-state index contributed by atoms with van der Waals surface area (Å²) in [5.74, 6) is 0.233. The molecule has 0 atom stereocenters. The Bertz CT molecular complexity index is 1250. The lowest BCUT2D eigenvalue weighted by Crippen LogP contribution is -2.20. The zero-order valence-corrected chi connectivity index (χ0v) is 21.8. The summed E-state index contributed by atoms with van der Waals surface area (Å²) in [5, 5.41) is 0. The van der Waals surface area contributed by atoms with Crippen LogP contribution in [-0.2, 0) is 29.5 Å². The van der Waals surface area contributed by atoms with Gasteiger partial charge in [-0.15, -0.1) is 12.4 Å². The van der Waals surface area contributed by atoms with Crippen LogP contribution >= 0.6 is 12.4 Å². The molecule has 0 spiro atoms. The quantitative estimate of drug-likeness (QED) is 0.489. The third-order valence-corrected chi connectivity index (χ3v) is 7.40. The SMILES string of the molecule is CN1CCc2cc(NS(=O)(=O)c3ccc(OCc4ccc(F)cc4)cc3)c(N(C)C)cc2CC1.Cl. The minimum Gasteiger partial charge on any atom is -0.489 e. The molecule has 35 heavy (non-hydrogen) atoms. The molecule has 0 saturated heterocycles. The van der Waals surface area contributed by atoms with Crippen LogP contribution in [-0.4, -0.2) is 47.6 Å². The Kier molecular flexibility index (Phi) is 8.64. The summed E-state index contributed by atoms with van der Waals surface area (Å²) in [6.07, 6.45) is 1.83. The number of halogens is 2. The second-order valence-corrected chi connectivity index (χ2v) is 10.5. The molecule has 1 heterocycles. The highest BCUT2D eigenvalue weighted by molar-refractivity contribution is 7.92. The van der Waals surface area contributed by atoms with E-state index >= 15 is 0 Å². The number of nitrogens with one attached hydrogen (secondary N) is 1. The zero-order chi connectivity index (χ0) is 24.3. The average Bonchev–Trinajstić information content (AvgIpc) is 2.99. The van der Waals surface area contributed by atoms with Crippen molar-refractivity contribution in [1.29, 1.82) is 0 Å². The van der Waals surface area contributed by atoms with Gasteiger partial charge in [0.2, 0.25) is 0 Å². The van der Waals surface area contributed by atoms with Gasteiger partial charge < -0.3 is 14.5 Å². The molecule has 0 saturated carbocycles. The number of anilines is 2. The summed E-state index contributed by atoms with van der Waals surface area (Å²) in [5.41, 5.74) is 4.68. The second-order valence-electron chi connectivity index (χ2n) is 8.83. The molecule has 0 unspecified atom stereocenters. The highest BCUT2D eigenvalue weighted by Gasteiger charge is 2.20. The first-order valence-electron chi connectivity index (χ1n) is 11.2. The Morgan fingerprint density at radius 2 is 1.57 bits per heavy atom. The molecule has 188 valence electrons. The van der Waals surface area contributed by atoms with Gasteiger partial charge in [-0.05, 0) is 85.1 Å². The molecule has 0 fully saturated rings. The first kappa shape index (κ1) is 26.8. The predicted molar refractivity (Wildman–Crippen MR) is 141 cm³/mol. The second kappa shape index (κ2) is 11.3. The average molecular weight is 520 g/mol. The van der Waals surface area contributed by atoms with Crippen LogP contribution in [0.5, 0.6) is 5.75 Å². The minimum atomic E-state index is -3.79. The van der Waals surface area contributed by atoms with E-state index in [0.717, 1.165) is 37.2 Å². The highest BCUT2D eigenvalue weighted by Crippen LogP contribution is 2.32. The number of nitrogens with zero attached hydrogens (tertiary/aromatic N) is 2. The predicted octanol–water partition coefficient (Wildman–Crippen LogP) is 4.72. The number of benzene rings is 3. The summed E-state index contributed by atoms with van der Waals surface area (Å²) in [7, 11) is 2.14. The maximum Gasteiger partial charge on any atom is 0.261 e. The van der Waals surface area contributed by atoms with E-state index in [1.807, 2.05) is 25.1 Å². The fraction of sp³-hybridized carbons (Fsp3) is 0.308. The van der Waals surface area contributed by atoms with Crippen LogP contribution in [0.3, 0.4) is 0 Å². The lowest BCUT2D eigenvalue weighted by atomic mass is 10.0. The smallest absolute Gasteiger partial charge is 0.261 e. The van der Waals surface area contributed by atoms with Crippen molar-refractivity contribution in [3.63, 3.8) is 0 Å². The van der Waals surface area contributed by atoms with Gasteiger partial charge in [-0.2, -0.15) is 0 Å². The highest BCUT2D eigenvalue weighted by atomic mass is 35.5. The zero-order valence-electron chi connectivity index (χ0n) is 20.1. The van der Waals surface area contributed by atoms with Crippen molar-refractivity contribution in [2.75, 3.05) is 43.9 Å². The lowest BCUT2D eigenvalue weighted by molar-refractivity contribution is 0.306. The van der Waals surface area contributed by atoms with Gasteiger partial charge in [0.15, 0.2) is 0 Å². The summed E-state index contributed by atoms with van der Waals surface area (Å²) >= 11 is 0. The molecule has 3 aromatic carbocycles. The molecule has 0 radical (unpaired) electrons. The molecule has 6 nitrogen and oxygen atoms in total. The Morgan fingerprint density at radius 3 is 2.17 bits per heavy atom. The van der Waals surface area contributed by atoms with Crippen LogP contribution in [0.1, 0.15) is 16.7 Å². The van der Waals surface area contributed by atoms with E-state index in [0.29, 0.717) is 11.4 Å². The maximum atomic E-state index is 13.2. The van der Waals surface area contributed by atoms with E-state index in [-0.39, 0.29) is 29.7 Å². The summed E-state index contributed by atoms with van der Waals surface area (Å²) in [6, 6.07) is 16.4. The first-order chi connectivity index (χ1) is 16.2. The van der Waals surface area contributed by atoms with Crippen LogP contribution in [0.25, 0.3) is 0 Å². The van der Waals surface area contributed by atoms with Gasteiger partial charge >= 0.3 is 0 Å². The number of rotatable bonds is 7. The van der Waals surface area contributed by atoms with Gasteiger partial charge in [0.1, 0.15) is 18.2 Å². The van der Waals surface area contributed by atoms with Crippen LogP contribution in [0.15, 0.2) is 65.6 Å². The van der Waals surface area contributed by atoms with Gasteiger partial charge in [-0.25, -0.2) is 12.8 Å². The summed E-state index contributed by atoms with van der Waals surface area (Å²) in [4.78, 5) is 4.37. The van der Waals surface area contributed by atoms with E-state index in [4.69, 9.17) is 4.74 Å². The number of likely N-dealkylation sites (N-methyl/N-ethyl adjacent to an activating group) is 1. The van der Waals surface area contributed by atoms with Gasteiger partial charge in [0.25, 0.3) is 10.0 Å². The Hall–Kier alpha value is -2.81. The molecule has 9 heteroatoms. The van der Waals surface area contributed by atoms with E-state index in [9.17, 15) is 12.8 Å². The third-order valence-electron chi connectivity index (χ3n) is 6.02. The van der Waals surface area contributed by atoms with Crippen molar-refractivity contribution >= 4 is 33.8 Å². The lowest BCUT2D eigenvalue weighted by Gasteiger charge is -2.21. The third kappa shape index (κ3) is 6.66. The maximum absolute atomic E-state index is 13.2. The minimum absolute atomic E-state index is 0. The standard InChI is InChI=1S/C26H30FN3O3S.ClH/c1-29(2)26-17-21-13-15-30(3)14-12-20(21)16-25(26)28-34(31,32)24-10-8-23(9-11-24)33-18-19-4-6-22(27)7-5-19;/h4-11,16-17,28H,12-15,18H2,1-3H3;1H. The first-order valence-corrected chi connectivity index (χ1v) is 12.7. The number of sulfonamides is 1. The number of fused-ring (bicyclic) bond motifs is 1. The van der Waals surface area contributed by atoms with Crippen molar-refractivity contribution in [2.24, 2.45) is 0 Å². The Morgan fingerprint density at radius 1 is 0.971 bits per heavy atom. The molecule has 1 aliphatic rings. The summed E-state index contributed by atoms with van der Waals surface area (Å²) < 4.78 is 47.9. The van der Waals surface area contributed by atoms with Gasteiger partial charge in [0, 0.05) is 27.2 Å². The molecule has 4 rings (SSSR count). The topological polar surface area (TPSA) is 61.9 Å². The van der Waals surface area contributed by atoms with Crippen molar-refractivity contribution < 1.29 is 17.5 Å². The molecule has 0 aromatic heterocycles. The molecular formula is C26H31ClFN3O3S. The summed E-state index contributed by atoms with van der Waals surface area (Å²) in [6.45, 7) is 2.20.